The van der Waals surface area contributed by atoms with E-state index in [-0.39, 0.29) is 5.82 Å². The van der Waals surface area contributed by atoms with Crippen LogP contribution in [0.15, 0.2) is 46.8 Å². The third-order valence-corrected chi connectivity index (χ3v) is 6.12. The summed E-state index contributed by atoms with van der Waals surface area (Å²) in [7, 11) is 1.84. The molecule has 152 valence electrons. The lowest BCUT2D eigenvalue weighted by Crippen LogP contribution is -2.49. The molecule has 1 atom stereocenters. The standard InChI is InChI=1S/C22H31FN4S/c1-17(14-21-4-3-13-28-21)15-25-22(24-2)26-20-9-11-27(12-10-20)16-18-5-7-19(23)8-6-18/h3-8,13,17,20H,9-12,14-16H2,1-2H3,(H2,24,25,26). The SMILES string of the molecule is CN=C(NCC(C)Cc1cccs1)NC1CCN(Cc2ccc(F)cc2)CC1. The van der Waals surface area contributed by atoms with Gasteiger partial charge in [0.05, 0.1) is 0 Å². The van der Waals surface area contributed by atoms with Crippen LogP contribution >= 0.6 is 11.3 Å². The van der Waals surface area contributed by atoms with Crippen LogP contribution in [0, 0.1) is 11.7 Å². The molecule has 4 nitrogen and oxygen atoms in total. The van der Waals surface area contributed by atoms with Crippen molar-refractivity contribution in [3.05, 3.63) is 58.0 Å². The molecule has 2 heterocycles. The van der Waals surface area contributed by atoms with Gasteiger partial charge in [-0.2, -0.15) is 0 Å². The van der Waals surface area contributed by atoms with Crippen molar-refractivity contribution in [2.75, 3.05) is 26.7 Å². The van der Waals surface area contributed by atoms with Gasteiger partial charge in [-0.3, -0.25) is 9.89 Å². The van der Waals surface area contributed by atoms with Crippen LogP contribution in [0.1, 0.15) is 30.2 Å². The fourth-order valence-corrected chi connectivity index (χ4v) is 4.46. The van der Waals surface area contributed by atoms with Crippen molar-refractivity contribution < 1.29 is 4.39 Å². The summed E-state index contributed by atoms with van der Waals surface area (Å²) in [6.45, 7) is 6.16. The van der Waals surface area contributed by atoms with Crippen molar-refractivity contribution in [2.45, 2.75) is 38.8 Å². The molecule has 0 radical (unpaired) electrons. The summed E-state index contributed by atoms with van der Waals surface area (Å²) in [6, 6.07) is 11.6. The second-order valence-electron chi connectivity index (χ2n) is 7.66. The molecular formula is C22H31FN4S. The first-order valence-electron chi connectivity index (χ1n) is 10.1. The number of guanidine groups is 1. The minimum Gasteiger partial charge on any atom is -0.356 e. The first kappa shape index (κ1) is 20.8. The molecule has 1 unspecified atom stereocenters. The predicted octanol–water partition coefficient (Wildman–Crippen LogP) is 3.90. The van der Waals surface area contributed by atoms with Crippen molar-refractivity contribution >= 4 is 17.3 Å². The molecule has 1 aromatic carbocycles. The van der Waals surface area contributed by atoms with Gasteiger partial charge in [0.25, 0.3) is 0 Å². The molecule has 0 saturated carbocycles. The van der Waals surface area contributed by atoms with E-state index in [1.54, 1.807) is 12.1 Å². The molecule has 2 aromatic rings. The molecule has 1 aliphatic rings. The molecular weight excluding hydrogens is 371 g/mol. The first-order valence-corrected chi connectivity index (χ1v) is 11.0. The minimum absolute atomic E-state index is 0.171. The Morgan fingerprint density at radius 3 is 2.64 bits per heavy atom. The lowest BCUT2D eigenvalue weighted by Gasteiger charge is -2.33. The molecule has 0 aliphatic carbocycles. The zero-order valence-electron chi connectivity index (χ0n) is 16.8. The maximum atomic E-state index is 13.0. The fourth-order valence-electron chi connectivity index (χ4n) is 3.59. The summed E-state index contributed by atoms with van der Waals surface area (Å²) in [5.41, 5.74) is 1.17. The van der Waals surface area contributed by atoms with E-state index >= 15 is 0 Å². The third-order valence-electron chi connectivity index (χ3n) is 5.22. The van der Waals surface area contributed by atoms with Crippen molar-refractivity contribution in [1.29, 1.82) is 0 Å². The molecule has 2 N–H and O–H groups in total. The zero-order valence-corrected chi connectivity index (χ0v) is 17.6. The molecule has 0 bridgehead atoms. The molecule has 3 rings (SSSR count). The van der Waals surface area contributed by atoms with Gasteiger partial charge in [-0.1, -0.05) is 25.1 Å². The number of hydrogen-bond acceptors (Lipinski definition) is 3. The number of halogens is 1. The summed E-state index contributed by atoms with van der Waals surface area (Å²) in [4.78, 5) is 8.27. The Labute approximate surface area is 171 Å². The van der Waals surface area contributed by atoms with Crippen molar-refractivity contribution in [3.8, 4) is 0 Å². The van der Waals surface area contributed by atoms with Gasteiger partial charge in [0.1, 0.15) is 5.82 Å². The normalized spacial score (nSPS) is 17.5. The number of thiophene rings is 1. The second-order valence-corrected chi connectivity index (χ2v) is 8.70. The number of nitrogens with zero attached hydrogens (tertiary/aromatic N) is 2. The number of likely N-dealkylation sites (tertiary alicyclic amines) is 1. The highest BCUT2D eigenvalue weighted by Gasteiger charge is 2.20. The van der Waals surface area contributed by atoms with E-state index in [1.807, 2.05) is 30.5 Å². The number of aliphatic imine (C=N–C) groups is 1. The topological polar surface area (TPSA) is 39.7 Å². The van der Waals surface area contributed by atoms with Gasteiger partial charge in [0.15, 0.2) is 5.96 Å². The summed E-state index contributed by atoms with van der Waals surface area (Å²) >= 11 is 1.82. The van der Waals surface area contributed by atoms with Gasteiger partial charge in [0.2, 0.25) is 0 Å². The molecule has 28 heavy (non-hydrogen) atoms. The van der Waals surface area contributed by atoms with E-state index < -0.39 is 0 Å². The Balaban J connectivity index is 1.37. The highest BCUT2D eigenvalue weighted by atomic mass is 32.1. The first-order chi connectivity index (χ1) is 13.6. The Hall–Kier alpha value is -1.92. The predicted molar refractivity (Wildman–Crippen MR) is 116 cm³/mol. The van der Waals surface area contributed by atoms with E-state index in [1.165, 1.54) is 10.4 Å². The molecule has 6 heteroatoms. The average molecular weight is 403 g/mol. The van der Waals surface area contributed by atoms with Crippen LogP contribution in [0.5, 0.6) is 0 Å². The van der Waals surface area contributed by atoms with Crippen LogP contribution in [-0.4, -0.2) is 43.6 Å². The average Bonchev–Trinajstić information content (AvgIpc) is 3.21. The van der Waals surface area contributed by atoms with Crippen molar-refractivity contribution in [3.63, 3.8) is 0 Å². The van der Waals surface area contributed by atoms with Gasteiger partial charge >= 0.3 is 0 Å². The van der Waals surface area contributed by atoms with Crippen molar-refractivity contribution in [1.82, 2.24) is 15.5 Å². The minimum atomic E-state index is -0.171. The molecule has 1 aromatic heterocycles. The molecule has 0 amide bonds. The summed E-state index contributed by atoms with van der Waals surface area (Å²) in [5, 5.41) is 9.19. The van der Waals surface area contributed by atoms with Gasteiger partial charge in [0, 0.05) is 44.1 Å². The molecule has 0 spiro atoms. The number of benzene rings is 1. The van der Waals surface area contributed by atoms with Crippen LogP contribution < -0.4 is 10.6 Å². The van der Waals surface area contributed by atoms with Crippen LogP contribution in [0.25, 0.3) is 0 Å². The Morgan fingerprint density at radius 2 is 2.00 bits per heavy atom. The lowest BCUT2D eigenvalue weighted by atomic mass is 10.0. The number of rotatable bonds is 7. The molecule has 1 aliphatic heterocycles. The Bertz CT molecular complexity index is 722. The second kappa shape index (κ2) is 10.6. The van der Waals surface area contributed by atoms with Gasteiger partial charge in [-0.25, -0.2) is 4.39 Å². The Kier molecular flexibility index (Phi) is 7.86. The van der Waals surface area contributed by atoms with Crippen LogP contribution in [0.3, 0.4) is 0 Å². The van der Waals surface area contributed by atoms with Crippen LogP contribution in [0.2, 0.25) is 0 Å². The highest BCUT2D eigenvalue weighted by molar-refractivity contribution is 7.09. The van der Waals surface area contributed by atoms with Crippen LogP contribution in [-0.2, 0) is 13.0 Å². The molecule has 1 fully saturated rings. The van der Waals surface area contributed by atoms with E-state index in [0.29, 0.717) is 12.0 Å². The zero-order chi connectivity index (χ0) is 19.8. The van der Waals surface area contributed by atoms with E-state index in [0.717, 1.165) is 51.4 Å². The van der Waals surface area contributed by atoms with E-state index in [2.05, 4.69) is 45.0 Å². The summed E-state index contributed by atoms with van der Waals surface area (Å²) in [5.74, 6) is 1.29. The maximum Gasteiger partial charge on any atom is 0.191 e. The smallest absolute Gasteiger partial charge is 0.191 e. The lowest BCUT2D eigenvalue weighted by molar-refractivity contribution is 0.198. The van der Waals surface area contributed by atoms with E-state index in [9.17, 15) is 4.39 Å². The summed E-state index contributed by atoms with van der Waals surface area (Å²) in [6.07, 6.45) is 3.28. The number of piperidine rings is 1. The fraction of sp³-hybridized carbons (Fsp3) is 0.500. The largest absolute Gasteiger partial charge is 0.356 e. The Morgan fingerprint density at radius 1 is 1.25 bits per heavy atom. The molecule has 1 saturated heterocycles. The van der Waals surface area contributed by atoms with Gasteiger partial charge in [-0.05, 0) is 54.3 Å². The monoisotopic (exact) mass is 402 g/mol. The summed E-state index contributed by atoms with van der Waals surface area (Å²) < 4.78 is 13.0. The highest BCUT2D eigenvalue weighted by Crippen LogP contribution is 2.15. The number of hydrogen-bond donors (Lipinski definition) is 2. The van der Waals surface area contributed by atoms with Crippen molar-refractivity contribution in [2.24, 2.45) is 10.9 Å². The van der Waals surface area contributed by atoms with Gasteiger partial charge < -0.3 is 10.6 Å². The third kappa shape index (κ3) is 6.60. The number of nitrogens with one attached hydrogen (secondary N) is 2. The quantitative estimate of drug-likeness (QED) is 0.545. The van der Waals surface area contributed by atoms with Crippen LogP contribution in [0.4, 0.5) is 4.39 Å². The van der Waals surface area contributed by atoms with Gasteiger partial charge in [-0.15, -0.1) is 11.3 Å². The maximum absolute atomic E-state index is 13.0. The van der Waals surface area contributed by atoms with E-state index in [4.69, 9.17) is 0 Å².